The van der Waals surface area contributed by atoms with E-state index < -0.39 is 5.97 Å². The molecule has 0 rings (SSSR count). The first-order valence-corrected chi connectivity index (χ1v) is 8.20. The molecule has 0 radical (unpaired) electrons. The van der Waals surface area contributed by atoms with Crippen LogP contribution in [0.1, 0.15) is 70.6 Å². The fourth-order valence-electron chi connectivity index (χ4n) is 2.13. The summed E-state index contributed by atoms with van der Waals surface area (Å²) < 4.78 is 4.60. The van der Waals surface area contributed by atoms with Crippen molar-refractivity contribution >= 4 is 11.9 Å². The Bertz CT molecular complexity index is 358. The first kappa shape index (κ1) is 20.4. The number of carbonyl (C=O) groups is 2. The van der Waals surface area contributed by atoms with Crippen LogP contribution in [0.5, 0.6) is 0 Å². The van der Waals surface area contributed by atoms with E-state index in [1.807, 2.05) is 12.2 Å². The highest BCUT2D eigenvalue weighted by Gasteiger charge is 2.00. The lowest BCUT2D eigenvalue weighted by molar-refractivity contribution is -0.140. The molecule has 0 bridgehead atoms. The smallest absolute Gasteiger partial charge is 0.331 e. The molecule has 0 amide bonds. The van der Waals surface area contributed by atoms with Crippen molar-refractivity contribution in [2.45, 2.75) is 70.6 Å². The largest absolute Gasteiger partial charge is 0.478 e. The van der Waals surface area contributed by atoms with Crippen LogP contribution in [0.15, 0.2) is 24.3 Å². The average Bonchev–Trinajstić information content (AvgIpc) is 2.51. The van der Waals surface area contributed by atoms with Crippen molar-refractivity contribution in [3.05, 3.63) is 24.3 Å². The van der Waals surface area contributed by atoms with Gasteiger partial charge in [-0.05, 0) is 25.7 Å². The molecule has 0 saturated carbocycles. The third-order valence-corrected chi connectivity index (χ3v) is 3.56. The van der Waals surface area contributed by atoms with Crippen LogP contribution in [0.25, 0.3) is 0 Å². The maximum absolute atomic E-state index is 10.9. The molecule has 0 spiro atoms. The van der Waals surface area contributed by atoms with Crippen molar-refractivity contribution in [3.8, 4) is 0 Å². The van der Waals surface area contributed by atoms with Crippen LogP contribution >= 0.6 is 0 Å². The standard InChI is InChI=1S/C18H30O4/c1-16(18(20)21)14-12-10-8-6-4-3-5-7-9-11-13-15-17(19)22-2/h10,12H,1,3-9,11,13-15H2,2H3,(H,20,21)/b12-10+. The number of hydrogen-bond acceptors (Lipinski definition) is 3. The number of carboxylic acids is 1. The van der Waals surface area contributed by atoms with Gasteiger partial charge in [-0.3, -0.25) is 4.79 Å². The Kier molecular flexibility index (Phi) is 13.3. The number of carboxylic acid groups (broad SMARTS) is 1. The maximum atomic E-state index is 10.9. The summed E-state index contributed by atoms with van der Waals surface area (Å²) in [5, 5.41) is 8.64. The Labute approximate surface area is 134 Å². The molecular formula is C18H30O4. The Morgan fingerprint density at radius 2 is 1.50 bits per heavy atom. The van der Waals surface area contributed by atoms with Crippen LogP contribution in [0.3, 0.4) is 0 Å². The normalized spacial score (nSPS) is 10.8. The Hall–Kier alpha value is -1.58. The zero-order valence-corrected chi connectivity index (χ0v) is 13.8. The van der Waals surface area contributed by atoms with E-state index in [1.54, 1.807) is 0 Å². The van der Waals surface area contributed by atoms with Gasteiger partial charge in [0, 0.05) is 12.0 Å². The van der Waals surface area contributed by atoms with E-state index in [2.05, 4.69) is 11.3 Å². The van der Waals surface area contributed by atoms with Crippen LogP contribution in [0.2, 0.25) is 0 Å². The van der Waals surface area contributed by atoms with E-state index in [0.29, 0.717) is 12.8 Å². The molecule has 0 aliphatic carbocycles. The third-order valence-electron chi connectivity index (χ3n) is 3.56. The van der Waals surface area contributed by atoms with Gasteiger partial charge in [0.05, 0.1) is 7.11 Å². The molecule has 126 valence electrons. The highest BCUT2D eigenvalue weighted by molar-refractivity contribution is 5.85. The summed E-state index contributed by atoms with van der Waals surface area (Å²) in [5.41, 5.74) is 0.239. The molecule has 4 nitrogen and oxygen atoms in total. The van der Waals surface area contributed by atoms with Crippen LogP contribution < -0.4 is 0 Å². The van der Waals surface area contributed by atoms with Gasteiger partial charge in [-0.1, -0.05) is 57.3 Å². The Morgan fingerprint density at radius 1 is 0.955 bits per heavy atom. The van der Waals surface area contributed by atoms with Crippen LogP contribution in [0, 0.1) is 0 Å². The fraction of sp³-hybridized carbons (Fsp3) is 0.667. The minimum Gasteiger partial charge on any atom is -0.478 e. The lowest BCUT2D eigenvalue weighted by Gasteiger charge is -2.01. The number of ether oxygens (including phenoxy) is 1. The summed E-state index contributed by atoms with van der Waals surface area (Å²) in [6.45, 7) is 3.48. The predicted molar refractivity (Wildman–Crippen MR) is 88.7 cm³/mol. The third kappa shape index (κ3) is 13.4. The summed E-state index contributed by atoms with van der Waals surface area (Å²) >= 11 is 0. The van der Waals surface area contributed by atoms with Crippen LogP contribution in [0.4, 0.5) is 0 Å². The van der Waals surface area contributed by atoms with Crippen molar-refractivity contribution in [1.82, 2.24) is 0 Å². The van der Waals surface area contributed by atoms with Gasteiger partial charge in [0.25, 0.3) is 0 Å². The molecule has 1 N–H and O–H groups in total. The number of esters is 1. The lowest BCUT2D eigenvalue weighted by atomic mass is 10.1. The molecule has 0 aromatic rings. The number of unbranched alkanes of at least 4 members (excludes halogenated alkanes) is 8. The Morgan fingerprint density at radius 3 is 2.05 bits per heavy atom. The van der Waals surface area contributed by atoms with Gasteiger partial charge < -0.3 is 9.84 Å². The highest BCUT2D eigenvalue weighted by atomic mass is 16.5. The van der Waals surface area contributed by atoms with E-state index >= 15 is 0 Å². The van der Waals surface area contributed by atoms with Crippen LogP contribution in [-0.2, 0) is 14.3 Å². The first-order valence-electron chi connectivity index (χ1n) is 8.20. The molecule has 22 heavy (non-hydrogen) atoms. The Balaban J connectivity index is 3.24. The molecule has 4 heteroatoms. The predicted octanol–water partition coefficient (Wildman–Crippen LogP) is 4.65. The summed E-state index contributed by atoms with van der Waals surface area (Å²) in [6.07, 6.45) is 15.2. The van der Waals surface area contributed by atoms with Gasteiger partial charge in [-0.2, -0.15) is 0 Å². The molecular weight excluding hydrogens is 280 g/mol. The summed E-state index contributed by atoms with van der Waals surface area (Å²) in [6, 6.07) is 0. The second-order valence-electron chi connectivity index (χ2n) is 5.53. The van der Waals surface area contributed by atoms with E-state index in [9.17, 15) is 9.59 Å². The highest BCUT2D eigenvalue weighted by Crippen LogP contribution is 2.11. The zero-order chi connectivity index (χ0) is 16.6. The van der Waals surface area contributed by atoms with Gasteiger partial charge in [0.15, 0.2) is 0 Å². The second kappa shape index (κ2) is 14.4. The SMILES string of the molecule is C=C(C/C=C/CCCCCCCCCCC(=O)OC)C(=O)O. The minimum absolute atomic E-state index is 0.111. The number of rotatable bonds is 14. The van der Waals surface area contributed by atoms with E-state index in [4.69, 9.17) is 5.11 Å². The molecule has 0 unspecified atom stereocenters. The van der Waals surface area contributed by atoms with Crippen molar-refractivity contribution < 1.29 is 19.4 Å². The zero-order valence-electron chi connectivity index (χ0n) is 13.8. The molecule has 0 aliphatic rings. The number of hydrogen-bond donors (Lipinski definition) is 1. The fourth-order valence-corrected chi connectivity index (χ4v) is 2.13. The van der Waals surface area contributed by atoms with Gasteiger partial charge in [0.1, 0.15) is 0 Å². The summed E-state index contributed by atoms with van der Waals surface area (Å²) in [5.74, 6) is -1.03. The van der Waals surface area contributed by atoms with Gasteiger partial charge >= 0.3 is 11.9 Å². The monoisotopic (exact) mass is 310 g/mol. The quantitative estimate of drug-likeness (QED) is 0.219. The van der Waals surface area contributed by atoms with Crippen molar-refractivity contribution in [2.24, 2.45) is 0 Å². The van der Waals surface area contributed by atoms with Crippen LogP contribution in [-0.4, -0.2) is 24.2 Å². The van der Waals surface area contributed by atoms with Gasteiger partial charge in [-0.25, -0.2) is 4.79 Å². The molecule has 0 aromatic heterocycles. The lowest BCUT2D eigenvalue weighted by Crippen LogP contribution is -1.99. The average molecular weight is 310 g/mol. The summed E-state index contributed by atoms with van der Waals surface area (Å²) in [7, 11) is 1.43. The molecule has 0 heterocycles. The number of carbonyl (C=O) groups excluding carboxylic acids is 1. The molecule has 0 aliphatic heterocycles. The van der Waals surface area contributed by atoms with E-state index in [1.165, 1.54) is 39.2 Å². The minimum atomic E-state index is -0.920. The van der Waals surface area contributed by atoms with Gasteiger partial charge in [0.2, 0.25) is 0 Å². The molecule has 0 fully saturated rings. The number of aliphatic carboxylic acids is 1. The number of methoxy groups -OCH3 is 1. The van der Waals surface area contributed by atoms with Crippen molar-refractivity contribution in [2.75, 3.05) is 7.11 Å². The maximum Gasteiger partial charge on any atom is 0.331 e. The van der Waals surface area contributed by atoms with E-state index in [0.717, 1.165) is 25.7 Å². The molecule has 0 aromatic carbocycles. The topological polar surface area (TPSA) is 63.6 Å². The van der Waals surface area contributed by atoms with E-state index in [-0.39, 0.29) is 11.5 Å². The van der Waals surface area contributed by atoms with Crippen molar-refractivity contribution in [1.29, 1.82) is 0 Å². The van der Waals surface area contributed by atoms with Gasteiger partial charge in [-0.15, -0.1) is 0 Å². The summed E-state index contributed by atoms with van der Waals surface area (Å²) in [4.78, 5) is 21.4. The first-order chi connectivity index (χ1) is 10.6. The molecule has 0 saturated heterocycles. The number of allylic oxidation sites excluding steroid dienone is 2. The second-order valence-corrected chi connectivity index (χ2v) is 5.53. The van der Waals surface area contributed by atoms with Crippen molar-refractivity contribution in [3.63, 3.8) is 0 Å². The molecule has 0 atom stereocenters.